The van der Waals surface area contributed by atoms with Crippen LogP contribution in [0.4, 0.5) is 17.6 Å². The number of nitrogens with zero attached hydrogens (tertiary/aromatic N) is 2. The summed E-state index contributed by atoms with van der Waals surface area (Å²) >= 11 is 0. The van der Waals surface area contributed by atoms with Crippen LogP contribution in [0.3, 0.4) is 0 Å². The first-order chi connectivity index (χ1) is 17.8. The zero-order chi connectivity index (χ0) is 26.4. The number of hydrogen-bond acceptors (Lipinski definition) is 4. The molecule has 2 heterocycles. The second-order valence-corrected chi connectivity index (χ2v) is 9.44. The van der Waals surface area contributed by atoms with Gasteiger partial charge in [0.05, 0.1) is 24.7 Å². The van der Waals surface area contributed by atoms with Gasteiger partial charge in [-0.3, -0.25) is 9.88 Å². The number of aliphatic hydroxyl groups excluding tert-OH is 1. The summed E-state index contributed by atoms with van der Waals surface area (Å²) in [5, 5.41) is 10.7. The molecule has 0 saturated carbocycles. The van der Waals surface area contributed by atoms with Gasteiger partial charge in [-0.15, -0.1) is 0 Å². The summed E-state index contributed by atoms with van der Waals surface area (Å²) in [4.78, 5) is 6.41. The molecule has 0 unspecified atom stereocenters. The Hall–Kier alpha value is -3.15. The van der Waals surface area contributed by atoms with E-state index in [2.05, 4.69) is 21.7 Å². The lowest BCUT2D eigenvalue weighted by Crippen LogP contribution is -2.42. The number of halogens is 4. The predicted molar refractivity (Wildman–Crippen MR) is 135 cm³/mol. The lowest BCUT2D eigenvalue weighted by molar-refractivity contribution is -0.137. The SMILES string of the molecule is COc1ccc2nccc([C@H](F)CC[C@@H]3CCN(CC#Cc4cccc(C(F)(F)F)c4)C[C@@H]3CO)c2c1. The summed E-state index contributed by atoms with van der Waals surface area (Å²) in [5.74, 6) is 6.59. The van der Waals surface area contributed by atoms with Crippen molar-refractivity contribution in [1.29, 1.82) is 0 Å². The molecule has 1 fully saturated rings. The van der Waals surface area contributed by atoms with Gasteiger partial charge in [0, 0.05) is 30.3 Å². The molecule has 0 spiro atoms. The van der Waals surface area contributed by atoms with E-state index in [-0.39, 0.29) is 18.4 Å². The van der Waals surface area contributed by atoms with Crippen molar-refractivity contribution in [3.63, 3.8) is 0 Å². The fourth-order valence-corrected chi connectivity index (χ4v) is 4.98. The summed E-state index contributed by atoms with van der Waals surface area (Å²) in [7, 11) is 1.57. The highest BCUT2D eigenvalue weighted by Crippen LogP contribution is 2.35. The van der Waals surface area contributed by atoms with E-state index < -0.39 is 17.9 Å². The van der Waals surface area contributed by atoms with Crippen LogP contribution in [0.25, 0.3) is 10.9 Å². The van der Waals surface area contributed by atoms with E-state index >= 15 is 4.39 Å². The van der Waals surface area contributed by atoms with E-state index in [1.165, 1.54) is 6.07 Å². The zero-order valence-corrected chi connectivity index (χ0v) is 20.6. The highest BCUT2D eigenvalue weighted by molar-refractivity contribution is 5.83. The minimum absolute atomic E-state index is 0.00539. The molecule has 4 nitrogen and oxygen atoms in total. The van der Waals surface area contributed by atoms with E-state index in [9.17, 15) is 18.3 Å². The van der Waals surface area contributed by atoms with Crippen LogP contribution in [-0.4, -0.2) is 48.3 Å². The van der Waals surface area contributed by atoms with E-state index in [4.69, 9.17) is 4.74 Å². The average Bonchev–Trinajstić information content (AvgIpc) is 2.91. The molecule has 37 heavy (non-hydrogen) atoms. The van der Waals surface area contributed by atoms with Crippen LogP contribution in [-0.2, 0) is 6.18 Å². The maximum absolute atomic E-state index is 15.4. The van der Waals surface area contributed by atoms with Crippen molar-refractivity contribution in [2.75, 3.05) is 33.4 Å². The second kappa shape index (κ2) is 11.9. The Morgan fingerprint density at radius 2 is 2.00 bits per heavy atom. The number of fused-ring (bicyclic) bond motifs is 1. The predicted octanol–water partition coefficient (Wildman–Crippen LogP) is 6.04. The fraction of sp³-hybridized carbons (Fsp3) is 0.414. The van der Waals surface area contributed by atoms with Gasteiger partial charge in [-0.25, -0.2) is 4.39 Å². The van der Waals surface area contributed by atoms with Crippen molar-refractivity contribution in [3.8, 4) is 17.6 Å². The van der Waals surface area contributed by atoms with Gasteiger partial charge in [0.2, 0.25) is 0 Å². The first kappa shape index (κ1) is 26.9. The van der Waals surface area contributed by atoms with Crippen LogP contribution in [0.15, 0.2) is 54.7 Å². The van der Waals surface area contributed by atoms with Crippen LogP contribution in [0.2, 0.25) is 0 Å². The van der Waals surface area contributed by atoms with Crippen molar-refractivity contribution in [3.05, 3.63) is 71.4 Å². The number of methoxy groups -OCH3 is 1. The maximum atomic E-state index is 15.4. The number of pyridine rings is 1. The number of piperidine rings is 1. The smallest absolute Gasteiger partial charge is 0.416 e. The molecule has 3 atom stereocenters. The molecule has 196 valence electrons. The van der Waals surface area contributed by atoms with Crippen molar-refractivity contribution in [2.45, 2.75) is 31.6 Å². The quantitative estimate of drug-likeness (QED) is 0.309. The number of aliphatic hydroxyl groups is 1. The Morgan fingerprint density at radius 1 is 1.16 bits per heavy atom. The third-order valence-electron chi connectivity index (χ3n) is 7.05. The minimum Gasteiger partial charge on any atom is -0.497 e. The second-order valence-electron chi connectivity index (χ2n) is 9.44. The maximum Gasteiger partial charge on any atom is 0.416 e. The highest BCUT2D eigenvalue weighted by atomic mass is 19.4. The molecule has 1 aliphatic heterocycles. The Bertz CT molecular complexity index is 1270. The van der Waals surface area contributed by atoms with E-state index in [0.717, 1.165) is 30.5 Å². The van der Waals surface area contributed by atoms with Gasteiger partial charge >= 0.3 is 6.18 Å². The van der Waals surface area contributed by atoms with Gasteiger partial charge in [0.15, 0.2) is 0 Å². The third-order valence-corrected chi connectivity index (χ3v) is 7.05. The molecule has 8 heteroatoms. The molecule has 4 rings (SSSR count). The molecule has 0 aliphatic carbocycles. The molecule has 1 N–H and O–H groups in total. The molecule has 0 amide bonds. The number of hydrogen-bond donors (Lipinski definition) is 1. The zero-order valence-electron chi connectivity index (χ0n) is 20.6. The van der Waals surface area contributed by atoms with E-state index in [1.54, 1.807) is 37.6 Å². The van der Waals surface area contributed by atoms with Gasteiger partial charge in [-0.1, -0.05) is 17.9 Å². The van der Waals surface area contributed by atoms with Gasteiger partial charge in [-0.2, -0.15) is 13.2 Å². The number of alkyl halides is 4. The van der Waals surface area contributed by atoms with Crippen LogP contribution in [0.1, 0.15) is 42.1 Å². The number of rotatable bonds is 7. The number of ether oxygens (including phenoxy) is 1. The number of aromatic nitrogens is 1. The van der Waals surface area contributed by atoms with Gasteiger partial charge in [0.1, 0.15) is 11.9 Å². The molecule has 1 aliphatic rings. The normalized spacial score (nSPS) is 19.3. The topological polar surface area (TPSA) is 45.6 Å². The Kier molecular flexibility index (Phi) is 8.67. The van der Waals surface area contributed by atoms with Gasteiger partial charge < -0.3 is 9.84 Å². The molecule has 0 radical (unpaired) electrons. The van der Waals surface area contributed by atoms with Crippen LogP contribution in [0.5, 0.6) is 5.75 Å². The minimum atomic E-state index is -4.40. The standard InChI is InChI=1S/C29H30F4N2O2/c1-37-24-8-10-28-26(17-24)25(11-13-34-28)27(30)9-7-21-12-15-35(18-22(21)19-36)14-3-5-20-4-2-6-23(16-20)29(31,32)33/h2,4,6,8,10-11,13,16-17,21-22,27,36H,7,9,12,14-15,18-19H2,1H3/t21-,22-,27-/m1/s1. The van der Waals surface area contributed by atoms with Gasteiger partial charge in [0.25, 0.3) is 0 Å². The number of benzene rings is 2. The van der Waals surface area contributed by atoms with E-state index in [0.29, 0.717) is 48.3 Å². The first-order valence-corrected chi connectivity index (χ1v) is 12.3. The Morgan fingerprint density at radius 3 is 2.76 bits per heavy atom. The molecular formula is C29H30F4N2O2. The first-order valence-electron chi connectivity index (χ1n) is 12.3. The lowest BCUT2D eigenvalue weighted by atomic mass is 9.81. The highest BCUT2D eigenvalue weighted by Gasteiger charge is 2.31. The summed E-state index contributed by atoms with van der Waals surface area (Å²) in [6, 6.07) is 12.1. The number of likely N-dealkylation sites (tertiary alicyclic amines) is 1. The third kappa shape index (κ3) is 6.79. The molecule has 2 aromatic carbocycles. The van der Waals surface area contributed by atoms with Crippen molar-refractivity contribution in [2.24, 2.45) is 11.8 Å². The monoisotopic (exact) mass is 514 g/mol. The van der Waals surface area contributed by atoms with Crippen molar-refractivity contribution in [1.82, 2.24) is 9.88 Å². The fourth-order valence-electron chi connectivity index (χ4n) is 4.98. The van der Waals surface area contributed by atoms with Crippen molar-refractivity contribution >= 4 is 10.9 Å². The largest absolute Gasteiger partial charge is 0.497 e. The van der Waals surface area contributed by atoms with Crippen LogP contribution < -0.4 is 4.74 Å². The Labute approximate surface area is 214 Å². The summed E-state index contributed by atoms with van der Waals surface area (Å²) < 4.78 is 59.3. The van der Waals surface area contributed by atoms with Crippen LogP contribution in [0, 0.1) is 23.7 Å². The molecule has 1 aromatic heterocycles. The van der Waals surface area contributed by atoms with E-state index in [1.807, 2.05) is 6.07 Å². The molecule has 0 bridgehead atoms. The van der Waals surface area contributed by atoms with Gasteiger partial charge in [-0.05, 0) is 85.7 Å². The average molecular weight is 515 g/mol. The Balaban J connectivity index is 1.33. The summed E-state index contributed by atoms with van der Waals surface area (Å²) in [5.41, 5.74) is 0.907. The summed E-state index contributed by atoms with van der Waals surface area (Å²) in [6.07, 6.45) is -2.16. The summed E-state index contributed by atoms with van der Waals surface area (Å²) in [6.45, 7) is 1.75. The van der Waals surface area contributed by atoms with Crippen molar-refractivity contribution < 1.29 is 27.4 Å². The lowest BCUT2D eigenvalue weighted by Gasteiger charge is -2.37. The molecule has 3 aromatic rings. The molecular weight excluding hydrogens is 484 g/mol. The molecule has 1 saturated heterocycles. The van der Waals surface area contributed by atoms with Crippen LogP contribution >= 0.6 is 0 Å².